The molecule has 1 aromatic carbocycles. The maximum Gasteiger partial charge on any atom is 0.141 e. The molecule has 0 bridgehead atoms. The molecule has 0 saturated carbocycles. The van der Waals surface area contributed by atoms with Crippen molar-refractivity contribution in [2.24, 2.45) is 5.92 Å². The van der Waals surface area contributed by atoms with Crippen LogP contribution in [0.5, 0.6) is 5.75 Å². The highest BCUT2D eigenvalue weighted by Gasteiger charge is 2.13. The van der Waals surface area contributed by atoms with E-state index in [1.54, 1.807) is 7.11 Å². The third-order valence-corrected chi connectivity index (χ3v) is 3.03. The smallest absolute Gasteiger partial charge is 0.141 e. The van der Waals surface area contributed by atoms with Gasteiger partial charge in [0.1, 0.15) is 5.75 Å². The number of para-hydroxylation sites is 2. The molecule has 1 aliphatic rings. The standard InChI is InChI=1S/C13H19NO2/c1-15-13-5-3-2-4-12(13)14-10-11-6-8-16-9-7-11/h2-5,11,14H,6-10H2,1H3. The van der Waals surface area contributed by atoms with Gasteiger partial charge in [0.2, 0.25) is 0 Å². The summed E-state index contributed by atoms with van der Waals surface area (Å²) in [6, 6.07) is 8.04. The molecule has 1 saturated heterocycles. The molecule has 0 aliphatic carbocycles. The normalized spacial score (nSPS) is 17.1. The first-order valence-electron chi connectivity index (χ1n) is 5.85. The number of nitrogens with one attached hydrogen (secondary N) is 1. The minimum absolute atomic E-state index is 0.721. The van der Waals surface area contributed by atoms with Gasteiger partial charge in [-0.1, -0.05) is 12.1 Å². The van der Waals surface area contributed by atoms with Crippen LogP contribution >= 0.6 is 0 Å². The van der Waals surface area contributed by atoms with Gasteiger partial charge >= 0.3 is 0 Å². The van der Waals surface area contributed by atoms with Gasteiger partial charge in [0.25, 0.3) is 0 Å². The van der Waals surface area contributed by atoms with Gasteiger partial charge in [0.15, 0.2) is 0 Å². The van der Waals surface area contributed by atoms with E-state index in [2.05, 4.69) is 11.4 Å². The Bertz CT molecular complexity index is 321. The van der Waals surface area contributed by atoms with Crippen molar-refractivity contribution in [2.75, 3.05) is 32.2 Å². The Hall–Kier alpha value is -1.22. The molecule has 0 unspecified atom stereocenters. The van der Waals surface area contributed by atoms with Crippen LogP contribution in [0, 0.1) is 5.92 Å². The molecule has 3 nitrogen and oxygen atoms in total. The molecule has 1 heterocycles. The molecule has 0 amide bonds. The lowest BCUT2D eigenvalue weighted by molar-refractivity contribution is 0.0699. The molecular formula is C13H19NO2. The summed E-state index contributed by atoms with van der Waals surface area (Å²) in [7, 11) is 1.70. The highest BCUT2D eigenvalue weighted by Crippen LogP contribution is 2.24. The molecule has 0 radical (unpaired) electrons. The first kappa shape index (κ1) is 11.3. The van der Waals surface area contributed by atoms with Gasteiger partial charge in [-0.15, -0.1) is 0 Å². The van der Waals surface area contributed by atoms with Crippen molar-refractivity contribution >= 4 is 5.69 Å². The lowest BCUT2D eigenvalue weighted by atomic mass is 10.0. The zero-order chi connectivity index (χ0) is 11.2. The maximum absolute atomic E-state index is 5.34. The fourth-order valence-corrected chi connectivity index (χ4v) is 2.00. The van der Waals surface area contributed by atoms with Crippen molar-refractivity contribution < 1.29 is 9.47 Å². The molecule has 1 N–H and O–H groups in total. The van der Waals surface area contributed by atoms with Gasteiger partial charge in [-0.2, -0.15) is 0 Å². The summed E-state index contributed by atoms with van der Waals surface area (Å²) >= 11 is 0. The summed E-state index contributed by atoms with van der Waals surface area (Å²) < 4.78 is 10.6. The fraction of sp³-hybridized carbons (Fsp3) is 0.538. The first-order valence-corrected chi connectivity index (χ1v) is 5.85. The number of rotatable bonds is 4. The Morgan fingerprint density at radius 2 is 2.06 bits per heavy atom. The molecule has 88 valence electrons. The van der Waals surface area contributed by atoms with Crippen molar-refractivity contribution in [2.45, 2.75) is 12.8 Å². The molecule has 1 fully saturated rings. The second-order valence-corrected chi connectivity index (χ2v) is 4.14. The number of benzene rings is 1. The number of hydrogen-bond donors (Lipinski definition) is 1. The molecule has 2 rings (SSSR count). The predicted molar refractivity (Wildman–Crippen MR) is 65.0 cm³/mol. The summed E-state index contributed by atoms with van der Waals surface area (Å²) in [5.41, 5.74) is 1.08. The Labute approximate surface area is 96.8 Å². The summed E-state index contributed by atoms with van der Waals surface area (Å²) in [5, 5.41) is 3.45. The van der Waals surface area contributed by atoms with Crippen LogP contribution in [0.25, 0.3) is 0 Å². The minimum atomic E-state index is 0.721. The minimum Gasteiger partial charge on any atom is -0.495 e. The maximum atomic E-state index is 5.34. The van der Waals surface area contributed by atoms with Crippen molar-refractivity contribution in [3.8, 4) is 5.75 Å². The largest absolute Gasteiger partial charge is 0.495 e. The van der Waals surface area contributed by atoms with E-state index in [0.717, 1.165) is 50.0 Å². The monoisotopic (exact) mass is 221 g/mol. The number of anilines is 1. The molecule has 3 heteroatoms. The molecular weight excluding hydrogens is 202 g/mol. The number of methoxy groups -OCH3 is 1. The average molecular weight is 221 g/mol. The van der Waals surface area contributed by atoms with Crippen LogP contribution in [0.1, 0.15) is 12.8 Å². The van der Waals surface area contributed by atoms with E-state index >= 15 is 0 Å². The second kappa shape index (κ2) is 5.75. The summed E-state index contributed by atoms with van der Waals surface area (Å²) in [6.45, 7) is 2.81. The Morgan fingerprint density at radius 3 is 2.81 bits per heavy atom. The van der Waals surface area contributed by atoms with Crippen LogP contribution in [0.2, 0.25) is 0 Å². The second-order valence-electron chi connectivity index (χ2n) is 4.14. The Kier molecular flexibility index (Phi) is 4.05. The zero-order valence-electron chi connectivity index (χ0n) is 9.74. The molecule has 0 spiro atoms. The van der Waals surface area contributed by atoms with Gasteiger partial charge in [-0.3, -0.25) is 0 Å². The van der Waals surface area contributed by atoms with Gasteiger partial charge in [0.05, 0.1) is 12.8 Å². The lowest BCUT2D eigenvalue weighted by Crippen LogP contribution is -2.22. The molecule has 0 atom stereocenters. The van der Waals surface area contributed by atoms with E-state index in [0.29, 0.717) is 0 Å². The number of ether oxygens (including phenoxy) is 2. The van der Waals surface area contributed by atoms with Crippen molar-refractivity contribution in [1.29, 1.82) is 0 Å². The summed E-state index contributed by atoms with van der Waals surface area (Å²) in [4.78, 5) is 0. The molecule has 16 heavy (non-hydrogen) atoms. The molecule has 1 aliphatic heterocycles. The van der Waals surface area contributed by atoms with E-state index < -0.39 is 0 Å². The van der Waals surface area contributed by atoms with Crippen molar-refractivity contribution in [3.05, 3.63) is 24.3 Å². The van der Waals surface area contributed by atoms with Gasteiger partial charge < -0.3 is 14.8 Å². The van der Waals surface area contributed by atoms with Crippen LogP contribution in [-0.2, 0) is 4.74 Å². The average Bonchev–Trinajstić information content (AvgIpc) is 2.38. The highest BCUT2D eigenvalue weighted by molar-refractivity contribution is 5.56. The van der Waals surface area contributed by atoms with Crippen LogP contribution in [-0.4, -0.2) is 26.9 Å². The van der Waals surface area contributed by atoms with Gasteiger partial charge in [-0.25, -0.2) is 0 Å². The van der Waals surface area contributed by atoms with Crippen LogP contribution < -0.4 is 10.1 Å². The van der Waals surface area contributed by atoms with Gasteiger partial charge in [-0.05, 0) is 30.9 Å². The SMILES string of the molecule is COc1ccccc1NCC1CCOCC1. The fourth-order valence-electron chi connectivity index (χ4n) is 2.00. The quantitative estimate of drug-likeness (QED) is 0.847. The third kappa shape index (κ3) is 2.89. The Balaban J connectivity index is 1.88. The third-order valence-electron chi connectivity index (χ3n) is 3.03. The van der Waals surface area contributed by atoms with E-state index in [4.69, 9.17) is 9.47 Å². The zero-order valence-corrected chi connectivity index (χ0v) is 9.74. The first-order chi connectivity index (χ1) is 7.90. The van der Waals surface area contributed by atoms with Gasteiger partial charge in [0, 0.05) is 19.8 Å². The predicted octanol–water partition coefficient (Wildman–Crippen LogP) is 2.53. The lowest BCUT2D eigenvalue weighted by Gasteiger charge is -2.23. The summed E-state index contributed by atoms with van der Waals surface area (Å²) in [6.07, 6.45) is 2.31. The van der Waals surface area contributed by atoms with E-state index in [-0.39, 0.29) is 0 Å². The van der Waals surface area contributed by atoms with E-state index in [1.165, 1.54) is 0 Å². The topological polar surface area (TPSA) is 30.5 Å². The molecule has 1 aromatic rings. The van der Waals surface area contributed by atoms with Crippen molar-refractivity contribution in [1.82, 2.24) is 0 Å². The Morgan fingerprint density at radius 1 is 1.31 bits per heavy atom. The van der Waals surface area contributed by atoms with Crippen LogP contribution in [0.15, 0.2) is 24.3 Å². The summed E-state index contributed by atoms with van der Waals surface area (Å²) in [5.74, 6) is 1.63. The number of hydrogen-bond acceptors (Lipinski definition) is 3. The highest BCUT2D eigenvalue weighted by atomic mass is 16.5. The van der Waals surface area contributed by atoms with Crippen LogP contribution in [0.4, 0.5) is 5.69 Å². The van der Waals surface area contributed by atoms with E-state index in [9.17, 15) is 0 Å². The van der Waals surface area contributed by atoms with Crippen LogP contribution in [0.3, 0.4) is 0 Å². The van der Waals surface area contributed by atoms with E-state index in [1.807, 2.05) is 18.2 Å². The molecule has 0 aromatic heterocycles. The van der Waals surface area contributed by atoms with Crippen molar-refractivity contribution in [3.63, 3.8) is 0 Å².